The van der Waals surface area contributed by atoms with E-state index in [1.807, 2.05) is 18.3 Å². The molecule has 2 aromatic heterocycles. The number of ether oxygens (including phenoxy) is 1. The van der Waals surface area contributed by atoms with E-state index in [0.717, 1.165) is 64.1 Å². The number of aromatic nitrogens is 3. The quantitative estimate of drug-likeness (QED) is 0.199. The first-order valence-corrected chi connectivity index (χ1v) is 17.0. The van der Waals surface area contributed by atoms with Crippen molar-refractivity contribution >= 4 is 27.5 Å². The number of benzene rings is 3. The van der Waals surface area contributed by atoms with Gasteiger partial charge in [-0.25, -0.2) is 8.78 Å². The molecular formula is C39H36F2N6O2. The Morgan fingerprint density at radius 3 is 2.65 bits per heavy atom. The second-order valence-corrected chi connectivity index (χ2v) is 14.4. The summed E-state index contributed by atoms with van der Waals surface area (Å²) in [6, 6.07) is 12.6. The Morgan fingerprint density at radius 2 is 1.90 bits per heavy atom. The fourth-order valence-electron chi connectivity index (χ4n) is 8.28. The van der Waals surface area contributed by atoms with E-state index in [9.17, 15) is 9.50 Å². The number of piperazine rings is 1. The molecule has 8 nitrogen and oxygen atoms in total. The van der Waals surface area contributed by atoms with Crippen LogP contribution in [0.25, 0.3) is 32.8 Å². The van der Waals surface area contributed by atoms with E-state index < -0.39 is 11.6 Å². The van der Waals surface area contributed by atoms with E-state index in [1.165, 1.54) is 23.8 Å². The average molecular weight is 659 g/mol. The number of hydrogen-bond donors (Lipinski definition) is 2. The third-order valence-corrected chi connectivity index (χ3v) is 10.8. The Hall–Kier alpha value is -4.85. The largest absolute Gasteiger partial charge is 0.508 e. The molecule has 4 aliphatic rings. The van der Waals surface area contributed by atoms with Crippen molar-refractivity contribution in [1.82, 2.24) is 25.2 Å². The second kappa shape index (κ2) is 11.4. The molecule has 2 unspecified atom stereocenters. The molecule has 2 N–H and O–H groups in total. The number of anilines is 1. The molecule has 9 rings (SSSR count). The highest BCUT2D eigenvalue weighted by Gasteiger charge is 2.46. The predicted octanol–water partition coefficient (Wildman–Crippen LogP) is 6.23. The van der Waals surface area contributed by atoms with Crippen molar-refractivity contribution in [1.29, 1.82) is 0 Å². The van der Waals surface area contributed by atoms with Crippen molar-refractivity contribution in [3.05, 3.63) is 82.7 Å². The van der Waals surface area contributed by atoms with E-state index in [0.29, 0.717) is 51.8 Å². The summed E-state index contributed by atoms with van der Waals surface area (Å²) in [6.45, 7) is 6.30. The fourth-order valence-corrected chi connectivity index (χ4v) is 8.28. The predicted molar refractivity (Wildman–Crippen MR) is 184 cm³/mol. The van der Waals surface area contributed by atoms with Gasteiger partial charge in [-0.1, -0.05) is 18.1 Å². The van der Waals surface area contributed by atoms with E-state index in [-0.39, 0.29) is 33.8 Å². The zero-order chi connectivity index (χ0) is 33.4. The van der Waals surface area contributed by atoms with E-state index in [2.05, 4.69) is 32.1 Å². The first-order chi connectivity index (χ1) is 23.8. The smallest absolute Gasteiger partial charge is 0.319 e. The highest BCUT2D eigenvalue weighted by Crippen LogP contribution is 2.48. The average Bonchev–Trinajstić information content (AvgIpc) is 3.60. The molecule has 5 heterocycles. The van der Waals surface area contributed by atoms with Gasteiger partial charge in [0.1, 0.15) is 22.9 Å². The van der Waals surface area contributed by atoms with Crippen molar-refractivity contribution in [2.75, 3.05) is 31.1 Å². The number of rotatable bonds is 7. The number of nitrogens with one attached hydrogen (secondary N) is 1. The van der Waals surface area contributed by atoms with Crippen LogP contribution in [-0.4, -0.2) is 63.3 Å². The van der Waals surface area contributed by atoms with Crippen LogP contribution >= 0.6 is 0 Å². The molecule has 5 aromatic rings. The standard InChI is InChI=1S/C39H36F2N6O2/c1-3-28-31(40)9-6-23-14-27(48)15-29(34(23)28)33-22(2)13-30-36(35(33)41)44-38(45-37(30)47-17-25-7-8-26(18-47)43-25)49-21-39(10-11-39)20-46-16-24-5-4-12-42-32(24)19-46/h1,4-6,9,12-15,25-26,43,48H,7-8,10-11,16-21H2,2H3. The summed E-state index contributed by atoms with van der Waals surface area (Å²) in [5.74, 6) is 1.83. The monoisotopic (exact) mass is 658 g/mol. The molecule has 3 aromatic carbocycles. The molecule has 0 amide bonds. The van der Waals surface area contributed by atoms with Gasteiger partial charge in [-0.3, -0.25) is 9.88 Å². The minimum atomic E-state index is -0.593. The van der Waals surface area contributed by atoms with Crippen LogP contribution in [0, 0.1) is 36.3 Å². The topological polar surface area (TPSA) is 86.6 Å². The molecule has 0 radical (unpaired) electrons. The van der Waals surface area contributed by atoms with Gasteiger partial charge in [-0.15, -0.1) is 6.42 Å². The number of fused-ring (bicyclic) bond motifs is 5. The molecule has 248 valence electrons. The Balaban J connectivity index is 1.13. The Bertz CT molecular complexity index is 2180. The lowest BCUT2D eigenvalue weighted by Gasteiger charge is -2.34. The van der Waals surface area contributed by atoms with E-state index in [1.54, 1.807) is 13.0 Å². The van der Waals surface area contributed by atoms with Gasteiger partial charge >= 0.3 is 6.01 Å². The number of phenols is 1. The molecule has 3 aliphatic heterocycles. The van der Waals surface area contributed by atoms with Crippen LogP contribution in [0.2, 0.25) is 0 Å². The van der Waals surface area contributed by atoms with Crippen molar-refractivity contribution in [2.24, 2.45) is 5.41 Å². The SMILES string of the molecule is C#Cc1c(F)ccc2cc(O)cc(-c3c(C)cc4c(N5CC6CCC(C5)N6)nc(OCC5(CN6Cc7cccnc7C6)CC5)nc4c3F)c12. The number of nitrogens with zero attached hydrogens (tertiary/aromatic N) is 5. The fraction of sp³-hybridized carbons (Fsp3) is 0.359. The zero-order valence-corrected chi connectivity index (χ0v) is 27.3. The van der Waals surface area contributed by atoms with Crippen molar-refractivity contribution in [2.45, 2.75) is 57.8 Å². The normalized spacial score (nSPS) is 20.9. The molecule has 2 bridgehead atoms. The molecule has 49 heavy (non-hydrogen) atoms. The van der Waals surface area contributed by atoms with Gasteiger partial charge in [0.05, 0.1) is 17.9 Å². The minimum absolute atomic E-state index is 0.0155. The summed E-state index contributed by atoms with van der Waals surface area (Å²) in [7, 11) is 0. The summed E-state index contributed by atoms with van der Waals surface area (Å²) in [5, 5.41) is 15.8. The number of pyridine rings is 1. The second-order valence-electron chi connectivity index (χ2n) is 14.4. The molecule has 2 atom stereocenters. The summed E-state index contributed by atoms with van der Waals surface area (Å²) in [5.41, 5.74) is 3.61. The summed E-state index contributed by atoms with van der Waals surface area (Å²) in [4.78, 5) is 18.9. The van der Waals surface area contributed by atoms with Crippen molar-refractivity contribution < 1.29 is 18.6 Å². The maximum absolute atomic E-state index is 17.2. The lowest BCUT2D eigenvalue weighted by atomic mass is 9.90. The van der Waals surface area contributed by atoms with Crippen molar-refractivity contribution in [3.8, 4) is 35.2 Å². The first-order valence-electron chi connectivity index (χ1n) is 17.0. The zero-order valence-electron chi connectivity index (χ0n) is 27.3. The van der Waals surface area contributed by atoms with Crippen LogP contribution in [0.15, 0.2) is 48.7 Å². The third-order valence-electron chi connectivity index (χ3n) is 10.8. The number of phenolic OH excluding ortho intramolecular Hbond substituents is 1. The maximum atomic E-state index is 17.2. The lowest BCUT2D eigenvalue weighted by Crippen LogP contribution is -2.51. The van der Waals surface area contributed by atoms with E-state index in [4.69, 9.17) is 21.1 Å². The Labute approximate surface area is 283 Å². The number of aromatic hydroxyl groups is 1. The summed E-state index contributed by atoms with van der Waals surface area (Å²) >= 11 is 0. The van der Waals surface area contributed by atoms with Gasteiger partial charge in [0.2, 0.25) is 0 Å². The van der Waals surface area contributed by atoms with E-state index >= 15 is 4.39 Å². The van der Waals surface area contributed by atoms with Gasteiger partial charge in [-0.05, 0) is 85.0 Å². The molecule has 3 fully saturated rings. The van der Waals surface area contributed by atoms with Crippen LogP contribution in [0.1, 0.15) is 48.1 Å². The van der Waals surface area contributed by atoms with Crippen LogP contribution in [0.4, 0.5) is 14.6 Å². The Kier molecular flexibility index (Phi) is 7.01. The van der Waals surface area contributed by atoms with Gasteiger partial charge in [0, 0.05) is 72.8 Å². The maximum Gasteiger partial charge on any atom is 0.319 e. The first kappa shape index (κ1) is 30.2. The van der Waals surface area contributed by atoms with Crippen molar-refractivity contribution in [3.63, 3.8) is 0 Å². The van der Waals surface area contributed by atoms with Gasteiger partial charge in [-0.2, -0.15) is 9.97 Å². The Morgan fingerprint density at radius 1 is 1.08 bits per heavy atom. The number of hydrogen-bond acceptors (Lipinski definition) is 8. The van der Waals surface area contributed by atoms with Crippen LogP contribution in [0.5, 0.6) is 11.8 Å². The lowest BCUT2D eigenvalue weighted by molar-refractivity contribution is 0.154. The molecule has 1 aliphatic carbocycles. The molecule has 1 saturated carbocycles. The highest BCUT2D eigenvalue weighted by atomic mass is 19.1. The molecule has 0 spiro atoms. The van der Waals surface area contributed by atoms with Gasteiger partial charge in [0.15, 0.2) is 5.82 Å². The van der Waals surface area contributed by atoms with Crippen LogP contribution < -0.4 is 15.0 Å². The number of halogens is 2. The number of aryl methyl sites for hydroxylation is 1. The third kappa shape index (κ3) is 5.23. The van der Waals surface area contributed by atoms with Crippen LogP contribution in [0.3, 0.4) is 0 Å². The molecule has 10 heteroatoms. The highest BCUT2D eigenvalue weighted by molar-refractivity contribution is 6.05. The molecular weight excluding hydrogens is 622 g/mol. The van der Waals surface area contributed by atoms with Crippen LogP contribution in [-0.2, 0) is 13.1 Å². The molecule has 2 saturated heterocycles. The summed E-state index contributed by atoms with van der Waals surface area (Å²) < 4.78 is 38.6. The minimum Gasteiger partial charge on any atom is -0.508 e. The number of terminal acetylenes is 1. The van der Waals surface area contributed by atoms with Gasteiger partial charge < -0.3 is 20.1 Å². The summed E-state index contributed by atoms with van der Waals surface area (Å²) in [6.07, 6.45) is 11.8. The van der Waals surface area contributed by atoms with Gasteiger partial charge in [0.25, 0.3) is 0 Å².